The molecule has 0 radical (unpaired) electrons. The SMILES string of the molecule is O=C(OCc1cccc(Oc2ccccc2)c1)[C@@H]1CCCCN1. The van der Waals surface area contributed by atoms with E-state index in [2.05, 4.69) is 5.32 Å². The number of ether oxygens (including phenoxy) is 2. The first-order valence-corrected chi connectivity index (χ1v) is 8.03. The van der Waals surface area contributed by atoms with Crippen molar-refractivity contribution in [3.05, 3.63) is 60.2 Å². The molecular formula is C19H21NO3. The van der Waals surface area contributed by atoms with E-state index in [0.29, 0.717) is 0 Å². The Hall–Kier alpha value is -2.33. The van der Waals surface area contributed by atoms with Crippen LogP contribution in [0, 0.1) is 0 Å². The minimum atomic E-state index is -0.168. The number of esters is 1. The molecule has 0 bridgehead atoms. The van der Waals surface area contributed by atoms with Crippen LogP contribution in [0.1, 0.15) is 24.8 Å². The van der Waals surface area contributed by atoms with Gasteiger partial charge < -0.3 is 14.8 Å². The number of hydrogen-bond donors (Lipinski definition) is 1. The standard InChI is InChI=1S/C19H21NO3/c21-19(18-11-4-5-12-20-18)22-14-15-7-6-10-17(13-15)23-16-8-2-1-3-9-16/h1-3,6-10,13,18,20H,4-5,11-12,14H2/t18-/m0/s1. The lowest BCUT2D eigenvalue weighted by molar-refractivity contribution is -0.148. The first-order chi connectivity index (χ1) is 11.3. The van der Waals surface area contributed by atoms with E-state index in [9.17, 15) is 4.79 Å². The van der Waals surface area contributed by atoms with Gasteiger partial charge in [-0.1, -0.05) is 36.8 Å². The van der Waals surface area contributed by atoms with E-state index in [1.165, 1.54) is 0 Å². The molecule has 3 rings (SSSR count). The van der Waals surface area contributed by atoms with Crippen LogP contribution in [0.2, 0.25) is 0 Å². The van der Waals surface area contributed by atoms with Gasteiger partial charge in [0.05, 0.1) is 0 Å². The van der Waals surface area contributed by atoms with E-state index in [0.717, 1.165) is 42.9 Å². The normalized spacial score (nSPS) is 17.5. The number of benzene rings is 2. The third kappa shape index (κ3) is 4.57. The van der Waals surface area contributed by atoms with Gasteiger partial charge in [-0.3, -0.25) is 4.79 Å². The maximum absolute atomic E-state index is 12.0. The van der Waals surface area contributed by atoms with Crippen molar-refractivity contribution in [1.82, 2.24) is 5.32 Å². The molecule has 0 unspecified atom stereocenters. The molecule has 0 amide bonds. The van der Waals surface area contributed by atoms with E-state index >= 15 is 0 Å². The largest absolute Gasteiger partial charge is 0.460 e. The molecule has 1 N–H and O–H groups in total. The van der Waals surface area contributed by atoms with Gasteiger partial charge in [-0.25, -0.2) is 0 Å². The summed E-state index contributed by atoms with van der Waals surface area (Å²) in [5, 5.41) is 3.20. The molecule has 0 aromatic heterocycles. The monoisotopic (exact) mass is 311 g/mol. The molecule has 1 heterocycles. The van der Waals surface area contributed by atoms with Crippen LogP contribution in [-0.4, -0.2) is 18.6 Å². The molecule has 1 atom stereocenters. The minimum Gasteiger partial charge on any atom is -0.460 e. The summed E-state index contributed by atoms with van der Waals surface area (Å²) in [7, 11) is 0. The molecule has 120 valence electrons. The predicted molar refractivity (Wildman–Crippen MR) is 88.4 cm³/mol. The Balaban J connectivity index is 1.56. The number of hydrogen-bond acceptors (Lipinski definition) is 4. The van der Waals surface area contributed by atoms with Crippen molar-refractivity contribution in [3.8, 4) is 11.5 Å². The zero-order valence-corrected chi connectivity index (χ0v) is 13.0. The van der Waals surface area contributed by atoms with Gasteiger partial charge in [-0.15, -0.1) is 0 Å². The van der Waals surface area contributed by atoms with E-state index < -0.39 is 0 Å². The maximum atomic E-state index is 12.0. The smallest absolute Gasteiger partial charge is 0.323 e. The van der Waals surface area contributed by atoms with E-state index in [-0.39, 0.29) is 18.6 Å². The van der Waals surface area contributed by atoms with E-state index in [1.807, 2.05) is 54.6 Å². The minimum absolute atomic E-state index is 0.160. The van der Waals surface area contributed by atoms with Gasteiger partial charge in [0.2, 0.25) is 0 Å². The number of carbonyl (C=O) groups is 1. The fraction of sp³-hybridized carbons (Fsp3) is 0.316. The Kier molecular flexibility index (Phi) is 5.27. The summed E-state index contributed by atoms with van der Waals surface area (Å²) in [6, 6.07) is 17.1. The fourth-order valence-electron chi connectivity index (χ4n) is 2.63. The quantitative estimate of drug-likeness (QED) is 0.856. The highest BCUT2D eigenvalue weighted by Gasteiger charge is 2.21. The van der Waals surface area contributed by atoms with Crippen LogP contribution in [0.25, 0.3) is 0 Å². The summed E-state index contributed by atoms with van der Waals surface area (Å²) in [6.45, 7) is 1.16. The lowest BCUT2D eigenvalue weighted by Crippen LogP contribution is -2.41. The highest BCUT2D eigenvalue weighted by atomic mass is 16.5. The van der Waals surface area contributed by atoms with Crippen LogP contribution >= 0.6 is 0 Å². The number of rotatable bonds is 5. The van der Waals surface area contributed by atoms with Crippen LogP contribution in [0.5, 0.6) is 11.5 Å². The van der Waals surface area contributed by atoms with E-state index in [1.54, 1.807) is 0 Å². The molecule has 4 heteroatoms. The molecule has 1 aliphatic rings. The molecule has 1 fully saturated rings. The first kappa shape index (κ1) is 15.6. The van der Waals surface area contributed by atoms with Crippen molar-refractivity contribution >= 4 is 5.97 Å². The molecule has 1 saturated heterocycles. The Morgan fingerprint density at radius 3 is 2.65 bits per heavy atom. The fourth-order valence-corrected chi connectivity index (χ4v) is 2.63. The summed E-state index contributed by atoms with van der Waals surface area (Å²) < 4.78 is 11.2. The van der Waals surface area contributed by atoms with Gasteiger partial charge in [-0.2, -0.15) is 0 Å². The average Bonchev–Trinajstić information content (AvgIpc) is 2.62. The van der Waals surface area contributed by atoms with Crippen LogP contribution < -0.4 is 10.1 Å². The molecule has 2 aromatic rings. The number of nitrogens with one attached hydrogen (secondary N) is 1. The highest BCUT2D eigenvalue weighted by molar-refractivity contribution is 5.75. The molecule has 0 aliphatic carbocycles. The molecule has 1 aliphatic heterocycles. The van der Waals surface area contributed by atoms with E-state index in [4.69, 9.17) is 9.47 Å². The van der Waals surface area contributed by atoms with Gasteiger partial charge >= 0.3 is 5.97 Å². The zero-order chi connectivity index (χ0) is 15.9. The van der Waals surface area contributed by atoms with Crippen LogP contribution in [-0.2, 0) is 16.1 Å². The number of piperidine rings is 1. The summed E-state index contributed by atoms with van der Waals surface area (Å²) >= 11 is 0. The third-order valence-electron chi connectivity index (χ3n) is 3.85. The second kappa shape index (κ2) is 7.79. The number of carbonyl (C=O) groups excluding carboxylic acids is 1. The Morgan fingerprint density at radius 1 is 1.04 bits per heavy atom. The molecular weight excluding hydrogens is 290 g/mol. The highest BCUT2D eigenvalue weighted by Crippen LogP contribution is 2.22. The maximum Gasteiger partial charge on any atom is 0.323 e. The van der Waals surface area contributed by atoms with Crippen molar-refractivity contribution in [2.45, 2.75) is 31.9 Å². The molecule has 0 spiro atoms. The second-order valence-electron chi connectivity index (χ2n) is 5.67. The first-order valence-electron chi connectivity index (χ1n) is 8.03. The Morgan fingerprint density at radius 2 is 1.87 bits per heavy atom. The second-order valence-corrected chi connectivity index (χ2v) is 5.67. The van der Waals surface area contributed by atoms with Crippen molar-refractivity contribution in [3.63, 3.8) is 0 Å². The van der Waals surface area contributed by atoms with Crippen molar-refractivity contribution < 1.29 is 14.3 Å². The molecule has 4 nitrogen and oxygen atoms in total. The number of para-hydroxylation sites is 1. The van der Waals surface area contributed by atoms with Crippen LogP contribution in [0.15, 0.2) is 54.6 Å². The van der Waals surface area contributed by atoms with Crippen molar-refractivity contribution in [2.75, 3.05) is 6.54 Å². The summed E-state index contributed by atoms with van der Waals surface area (Å²) in [4.78, 5) is 12.0. The summed E-state index contributed by atoms with van der Waals surface area (Å²) in [5.74, 6) is 1.35. The third-order valence-corrected chi connectivity index (χ3v) is 3.85. The van der Waals surface area contributed by atoms with Crippen LogP contribution in [0.3, 0.4) is 0 Å². The summed E-state index contributed by atoms with van der Waals surface area (Å²) in [5.41, 5.74) is 0.919. The van der Waals surface area contributed by atoms with Crippen LogP contribution in [0.4, 0.5) is 0 Å². The Bertz CT molecular complexity index is 636. The van der Waals surface area contributed by atoms with Gasteiger partial charge in [-0.05, 0) is 49.2 Å². The average molecular weight is 311 g/mol. The predicted octanol–water partition coefficient (Wildman–Crippen LogP) is 3.66. The molecule has 0 saturated carbocycles. The Labute approximate surface area is 136 Å². The topological polar surface area (TPSA) is 47.6 Å². The summed E-state index contributed by atoms with van der Waals surface area (Å²) in [6.07, 6.45) is 3.06. The zero-order valence-electron chi connectivity index (χ0n) is 13.0. The van der Waals surface area contributed by atoms with Crippen molar-refractivity contribution in [2.24, 2.45) is 0 Å². The van der Waals surface area contributed by atoms with Gasteiger partial charge in [0.25, 0.3) is 0 Å². The van der Waals surface area contributed by atoms with Crippen molar-refractivity contribution in [1.29, 1.82) is 0 Å². The molecule has 2 aromatic carbocycles. The van der Waals surface area contributed by atoms with Gasteiger partial charge in [0, 0.05) is 0 Å². The lowest BCUT2D eigenvalue weighted by atomic mass is 10.1. The lowest BCUT2D eigenvalue weighted by Gasteiger charge is -2.21. The van der Waals surface area contributed by atoms with Gasteiger partial charge in [0.1, 0.15) is 24.1 Å². The molecule has 23 heavy (non-hydrogen) atoms. The van der Waals surface area contributed by atoms with Gasteiger partial charge in [0.15, 0.2) is 0 Å².